The smallest absolute Gasteiger partial charge is 0.212 e. The molecule has 1 saturated heterocycles. The van der Waals surface area contributed by atoms with Gasteiger partial charge in [0.2, 0.25) is 10.0 Å². The first kappa shape index (κ1) is 12.9. The minimum Gasteiger partial charge on any atom is -0.378 e. The second-order valence-electron chi connectivity index (χ2n) is 3.78. The van der Waals surface area contributed by atoms with Crippen molar-refractivity contribution in [2.75, 3.05) is 25.4 Å². The van der Waals surface area contributed by atoms with Crippen molar-refractivity contribution in [3.8, 4) is 0 Å². The van der Waals surface area contributed by atoms with Gasteiger partial charge in [-0.3, -0.25) is 0 Å². The van der Waals surface area contributed by atoms with E-state index < -0.39 is 10.0 Å². The maximum Gasteiger partial charge on any atom is 0.212 e. The normalized spacial score (nSPS) is 22.9. The average Bonchev–Trinajstić information content (AvgIpc) is 2.19. The number of nitrogens with two attached hydrogens (primary N) is 1. The van der Waals surface area contributed by atoms with Crippen LogP contribution in [0, 0.1) is 0 Å². The first-order valence-corrected chi connectivity index (χ1v) is 7.08. The Bertz CT molecular complexity index is 261. The fourth-order valence-electron chi connectivity index (χ4n) is 1.64. The van der Waals surface area contributed by atoms with E-state index in [0.29, 0.717) is 6.54 Å². The molecule has 0 amide bonds. The molecule has 1 atom stereocenters. The van der Waals surface area contributed by atoms with Crippen LogP contribution in [0.15, 0.2) is 0 Å². The molecule has 1 rings (SSSR count). The molecular formula is C9H20N2O3S. The summed E-state index contributed by atoms with van der Waals surface area (Å²) in [6.45, 7) is 1.42. The highest BCUT2D eigenvalue weighted by Gasteiger charge is 2.15. The van der Waals surface area contributed by atoms with Gasteiger partial charge >= 0.3 is 0 Å². The molecule has 0 aromatic heterocycles. The van der Waals surface area contributed by atoms with Crippen LogP contribution in [-0.2, 0) is 14.8 Å². The Balaban J connectivity index is 2.14. The third-order valence-electron chi connectivity index (χ3n) is 2.45. The number of rotatable bonds is 6. The summed E-state index contributed by atoms with van der Waals surface area (Å²) >= 11 is 0. The van der Waals surface area contributed by atoms with Crippen molar-refractivity contribution < 1.29 is 13.2 Å². The average molecular weight is 236 g/mol. The lowest BCUT2D eigenvalue weighted by atomic mass is 10.1. The molecule has 1 aliphatic heterocycles. The summed E-state index contributed by atoms with van der Waals surface area (Å²) in [6.07, 6.45) is 4.32. The van der Waals surface area contributed by atoms with Crippen LogP contribution in [-0.4, -0.2) is 40.0 Å². The Labute approximate surface area is 91.4 Å². The second kappa shape index (κ2) is 6.42. The highest BCUT2D eigenvalue weighted by atomic mass is 32.2. The highest BCUT2D eigenvalue weighted by molar-refractivity contribution is 7.89. The molecule has 0 spiro atoms. The van der Waals surface area contributed by atoms with Gasteiger partial charge in [-0.2, -0.15) is 0 Å². The van der Waals surface area contributed by atoms with Crippen molar-refractivity contribution in [2.45, 2.75) is 31.8 Å². The van der Waals surface area contributed by atoms with E-state index in [2.05, 4.69) is 4.72 Å². The first-order valence-electron chi connectivity index (χ1n) is 5.43. The summed E-state index contributed by atoms with van der Waals surface area (Å²) in [5.41, 5.74) is 5.19. The van der Waals surface area contributed by atoms with Crippen LogP contribution in [0.3, 0.4) is 0 Å². The van der Waals surface area contributed by atoms with Crippen LogP contribution in [0.1, 0.15) is 25.7 Å². The fraction of sp³-hybridized carbons (Fsp3) is 1.00. The summed E-state index contributed by atoms with van der Waals surface area (Å²) in [5.74, 6) is -0.00146. The molecule has 3 N–H and O–H groups in total. The molecular weight excluding hydrogens is 216 g/mol. The monoisotopic (exact) mass is 236 g/mol. The molecule has 1 unspecified atom stereocenters. The standard InChI is InChI=1S/C9H20N2O3S/c10-5-8-15(12,13)11-6-4-9-3-1-2-7-14-9/h9,11H,1-8,10H2. The van der Waals surface area contributed by atoms with Gasteiger partial charge < -0.3 is 10.5 Å². The van der Waals surface area contributed by atoms with E-state index >= 15 is 0 Å². The largest absolute Gasteiger partial charge is 0.378 e. The number of nitrogens with one attached hydrogen (secondary N) is 1. The highest BCUT2D eigenvalue weighted by Crippen LogP contribution is 2.14. The van der Waals surface area contributed by atoms with E-state index in [1.54, 1.807) is 0 Å². The lowest BCUT2D eigenvalue weighted by molar-refractivity contribution is 0.0123. The van der Waals surface area contributed by atoms with Crippen LogP contribution in [0.25, 0.3) is 0 Å². The van der Waals surface area contributed by atoms with Crippen LogP contribution in [0.4, 0.5) is 0 Å². The first-order chi connectivity index (χ1) is 7.14. The van der Waals surface area contributed by atoms with Gasteiger partial charge in [0.25, 0.3) is 0 Å². The summed E-state index contributed by atoms with van der Waals surface area (Å²) < 4.78 is 30.5. The predicted octanol–water partition coefficient (Wildman–Crippen LogP) is -0.176. The summed E-state index contributed by atoms with van der Waals surface area (Å²) in [6, 6.07) is 0. The zero-order valence-corrected chi connectivity index (χ0v) is 9.76. The molecule has 90 valence electrons. The van der Waals surface area contributed by atoms with Gasteiger partial charge in [-0.1, -0.05) is 0 Å². The molecule has 0 bridgehead atoms. The van der Waals surface area contributed by atoms with Gasteiger partial charge in [0.15, 0.2) is 0 Å². The molecule has 1 aliphatic rings. The van der Waals surface area contributed by atoms with Crippen molar-refractivity contribution in [1.29, 1.82) is 0 Å². The third kappa shape index (κ3) is 5.46. The van der Waals surface area contributed by atoms with Crippen molar-refractivity contribution in [1.82, 2.24) is 4.72 Å². The van der Waals surface area contributed by atoms with Gasteiger partial charge in [0.05, 0.1) is 11.9 Å². The molecule has 5 nitrogen and oxygen atoms in total. The van der Waals surface area contributed by atoms with Crippen molar-refractivity contribution >= 4 is 10.0 Å². The molecule has 6 heteroatoms. The van der Waals surface area contributed by atoms with Crippen molar-refractivity contribution in [2.24, 2.45) is 5.73 Å². The molecule has 0 saturated carbocycles. The SMILES string of the molecule is NCCS(=O)(=O)NCCC1CCCCO1. The zero-order valence-electron chi connectivity index (χ0n) is 8.94. The molecule has 15 heavy (non-hydrogen) atoms. The van der Waals surface area contributed by atoms with E-state index in [0.717, 1.165) is 25.9 Å². The van der Waals surface area contributed by atoms with Gasteiger partial charge in [-0.25, -0.2) is 13.1 Å². The zero-order chi connectivity index (χ0) is 11.1. The number of hydrogen-bond acceptors (Lipinski definition) is 4. The van der Waals surface area contributed by atoms with Gasteiger partial charge in [-0.05, 0) is 25.7 Å². The van der Waals surface area contributed by atoms with Gasteiger partial charge in [-0.15, -0.1) is 0 Å². The summed E-state index contributed by atoms with van der Waals surface area (Å²) in [4.78, 5) is 0. The van der Waals surface area contributed by atoms with Crippen LogP contribution < -0.4 is 10.5 Å². The Morgan fingerprint density at radius 1 is 1.40 bits per heavy atom. The van der Waals surface area contributed by atoms with Crippen LogP contribution in [0.2, 0.25) is 0 Å². The molecule has 1 fully saturated rings. The molecule has 0 aromatic carbocycles. The van der Waals surface area contributed by atoms with Crippen LogP contribution >= 0.6 is 0 Å². The predicted molar refractivity (Wildman–Crippen MR) is 59.1 cm³/mol. The minimum atomic E-state index is -3.16. The summed E-state index contributed by atoms with van der Waals surface area (Å²) in [5, 5.41) is 0. The van der Waals surface area contributed by atoms with E-state index in [1.165, 1.54) is 6.42 Å². The molecule has 1 heterocycles. The van der Waals surface area contributed by atoms with Gasteiger partial charge in [0.1, 0.15) is 0 Å². The Kier molecular flexibility index (Phi) is 5.52. The Morgan fingerprint density at radius 2 is 2.20 bits per heavy atom. The minimum absolute atomic E-state index is 0.00146. The van der Waals surface area contributed by atoms with Crippen molar-refractivity contribution in [3.05, 3.63) is 0 Å². The number of hydrogen-bond donors (Lipinski definition) is 2. The van der Waals surface area contributed by atoms with E-state index in [1.807, 2.05) is 0 Å². The lowest BCUT2D eigenvalue weighted by Crippen LogP contribution is -2.33. The third-order valence-corrected chi connectivity index (χ3v) is 3.87. The quantitative estimate of drug-likeness (QED) is 0.670. The maximum atomic E-state index is 11.2. The Hall–Kier alpha value is -0.170. The molecule has 0 radical (unpaired) electrons. The number of sulfonamides is 1. The van der Waals surface area contributed by atoms with E-state index in [9.17, 15) is 8.42 Å². The molecule has 0 aromatic rings. The lowest BCUT2D eigenvalue weighted by Gasteiger charge is -2.22. The van der Waals surface area contributed by atoms with Crippen molar-refractivity contribution in [3.63, 3.8) is 0 Å². The Morgan fingerprint density at radius 3 is 2.80 bits per heavy atom. The second-order valence-corrected chi connectivity index (χ2v) is 5.71. The summed E-state index contributed by atoms with van der Waals surface area (Å²) in [7, 11) is -3.16. The number of ether oxygens (including phenoxy) is 1. The topological polar surface area (TPSA) is 81.4 Å². The van der Waals surface area contributed by atoms with E-state index in [-0.39, 0.29) is 18.4 Å². The maximum absolute atomic E-state index is 11.2. The van der Waals surface area contributed by atoms with Gasteiger partial charge in [0, 0.05) is 19.7 Å². The fourth-order valence-corrected chi connectivity index (χ4v) is 2.52. The van der Waals surface area contributed by atoms with Crippen LogP contribution in [0.5, 0.6) is 0 Å². The molecule has 0 aliphatic carbocycles. The van der Waals surface area contributed by atoms with E-state index in [4.69, 9.17) is 10.5 Å².